The van der Waals surface area contributed by atoms with E-state index in [-0.39, 0.29) is 6.54 Å². The highest BCUT2D eigenvalue weighted by Gasteiger charge is 2.26. The maximum Gasteiger partial charge on any atom is 0.401 e. The van der Waals surface area contributed by atoms with Gasteiger partial charge in [-0.2, -0.15) is 13.2 Å². The summed E-state index contributed by atoms with van der Waals surface area (Å²) in [5.41, 5.74) is 3.14. The van der Waals surface area contributed by atoms with Crippen molar-refractivity contribution in [1.82, 2.24) is 10.6 Å². The Balaban J connectivity index is 2.13. The van der Waals surface area contributed by atoms with Gasteiger partial charge in [0, 0.05) is 24.7 Å². The van der Waals surface area contributed by atoms with Crippen molar-refractivity contribution >= 4 is 0 Å². The number of alkyl halides is 3. The van der Waals surface area contributed by atoms with Gasteiger partial charge in [0.25, 0.3) is 0 Å². The van der Waals surface area contributed by atoms with Gasteiger partial charge >= 0.3 is 6.18 Å². The Hall–Kier alpha value is -1.27. The maximum atomic E-state index is 12.2. The molecule has 0 saturated heterocycles. The molecule has 2 rings (SSSR count). The predicted octanol–water partition coefficient (Wildman–Crippen LogP) is 2.77. The Morgan fingerprint density at radius 3 is 2.71 bits per heavy atom. The lowest BCUT2D eigenvalue weighted by Gasteiger charge is -2.26. The van der Waals surface area contributed by atoms with Crippen molar-refractivity contribution in [3.8, 4) is 5.75 Å². The molecule has 1 aliphatic heterocycles. The van der Waals surface area contributed by atoms with E-state index < -0.39 is 12.7 Å². The molecule has 21 heavy (non-hydrogen) atoms. The molecule has 1 aromatic carbocycles. The van der Waals surface area contributed by atoms with Crippen molar-refractivity contribution in [3.63, 3.8) is 0 Å². The molecule has 1 aliphatic rings. The summed E-state index contributed by atoms with van der Waals surface area (Å²) in [6.45, 7) is 2.06. The molecule has 0 bridgehead atoms. The number of benzene rings is 1. The third-order valence-corrected chi connectivity index (χ3v) is 3.78. The zero-order valence-electron chi connectivity index (χ0n) is 12.3. The molecular formula is C15H21F3N2O. The summed E-state index contributed by atoms with van der Waals surface area (Å²) >= 11 is 0. The van der Waals surface area contributed by atoms with Gasteiger partial charge in [0.1, 0.15) is 5.75 Å². The van der Waals surface area contributed by atoms with Crippen molar-refractivity contribution in [2.24, 2.45) is 0 Å². The number of rotatable bonds is 5. The summed E-state index contributed by atoms with van der Waals surface area (Å²) in [4.78, 5) is 0. The molecule has 0 spiro atoms. The van der Waals surface area contributed by atoms with Crippen LogP contribution in [-0.2, 0) is 19.5 Å². The number of nitrogens with one attached hydrogen (secondary N) is 2. The highest BCUT2D eigenvalue weighted by molar-refractivity contribution is 5.44. The Labute approximate surface area is 122 Å². The second kappa shape index (κ2) is 6.66. The van der Waals surface area contributed by atoms with Crippen LogP contribution in [0.4, 0.5) is 13.2 Å². The molecule has 1 unspecified atom stereocenters. The maximum absolute atomic E-state index is 12.2. The number of halogens is 3. The molecular weight excluding hydrogens is 281 g/mol. The fourth-order valence-electron chi connectivity index (χ4n) is 2.62. The third kappa shape index (κ3) is 4.35. The molecule has 3 nitrogen and oxygen atoms in total. The molecule has 0 radical (unpaired) electrons. The SMILES string of the molecule is CCC1Cc2cc(CNCC(F)(F)F)c(OC)cc2CN1. The first-order chi connectivity index (χ1) is 9.93. The van der Waals surface area contributed by atoms with Crippen molar-refractivity contribution in [2.75, 3.05) is 13.7 Å². The molecule has 118 valence electrons. The minimum atomic E-state index is -4.20. The van der Waals surface area contributed by atoms with E-state index in [2.05, 4.69) is 17.6 Å². The van der Waals surface area contributed by atoms with Crippen LogP contribution in [0.2, 0.25) is 0 Å². The van der Waals surface area contributed by atoms with Crippen LogP contribution in [0.5, 0.6) is 5.75 Å². The zero-order valence-corrected chi connectivity index (χ0v) is 12.3. The average molecular weight is 302 g/mol. The molecule has 6 heteroatoms. The summed E-state index contributed by atoms with van der Waals surface area (Å²) in [6, 6.07) is 4.33. The molecule has 0 fully saturated rings. The Morgan fingerprint density at radius 1 is 1.33 bits per heavy atom. The normalized spacial score (nSPS) is 18.4. The molecule has 1 aromatic rings. The van der Waals surface area contributed by atoms with Crippen LogP contribution in [0.1, 0.15) is 30.0 Å². The smallest absolute Gasteiger partial charge is 0.401 e. The summed E-state index contributed by atoms with van der Waals surface area (Å²) in [5.74, 6) is 0.639. The van der Waals surface area contributed by atoms with Crippen LogP contribution < -0.4 is 15.4 Å². The summed E-state index contributed by atoms with van der Waals surface area (Å²) in [6.07, 6.45) is -2.26. The van der Waals surface area contributed by atoms with E-state index in [0.29, 0.717) is 11.8 Å². The number of methoxy groups -OCH3 is 1. The lowest BCUT2D eigenvalue weighted by atomic mass is 9.92. The van der Waals surface area contributed by atoms with Gasteiger partial charge in [-0.3, -0.25) is 0 Å². The van der Waals surface area contributed by atoms with E-state index in [4.69, 9.17) is 4.74 Å². The third-order valence-electron chi connectivity index (χ3n) is 3.78. The van der Waals surface area contributed by atoms with Crippen LogP contribution in [0.25, 0.3) is 0 Å². The molecule has 1 heterocycles. The monoisotopic (exact) mass is 302 g/mol. The second-order valence-electron chi connectivity index (χ2n) is 5.34. The fraction of sp³-hybridized carbons (Fsp3) is 0.600. The lowest BCUT2D eigenvalue weighted by molar-refractivity contribution is -0.125. The number of fused-ring (bicyclic) bond motifs is 1. The van der Waals surface area contributed by atoms with Crippen LogP contribution in [0.15, 0.2) is 12.1 Å². The average Bonchev–Trinajstić information content (AvgIpc) is 2.44. The van der Waals surface area contributed by atoms with Crippen molar-refractivity contribution in [3.05, 3.63) is 28.8 Å². The van der Waals surface area contributed by atoms with Gasteiger partial charge in [-0.1, -0.05) is 13.0 Å². The van der Waals surface area contributed by atoms with Crippen LogP contribution in [0.3, 0.4) is 0 Å². The van der Waals surface area contributed by atoms with E-state index in [1.807, 2.05) is 12.1 Å². The van der Waals surface area contributed by atoms with Crippen LogP contribution in [-0.4, -0.2) is 25.9 Å². The van der Waals surface area contributed by atoms with E-state index in [0.717, 1.165) is 30.5 Å². The highest BCUT2D eigenvalue weighted by Crippen LogP contribution is 2.27. The van der Waals surface area contributed by atoms with E-state index in [9.17, 15) is 13.2 Å². The number of ether oxygens (including phenoxy) is 1. The first-order valence-corrected chi connectivity index (χ1v) is 7.12. The first kappa shape index (κ1) is 16.1. The fourth-order valence-corrected chi connectivity index (χ4v) is 2.62. The van der Waals surface area contributed by atoms with Gasteiger partial charge in [-0.25, -0.2) is 0 Å². The standard InChI is InChI=1S/C15H21F3N2O/c1-3-13-5-10-4-12(7-19-9-15(16,17)18)14(21-2)6-11(10)8-20-13/h4,6,13,19-20H,3,5,7-9H2,1-2H3. The molecule has 2 N–H and O–H groups in total. The van der Waals surface area contributed by atoms with Gasteiger partial charge < -0.3 is 15.4 Å². The van der Waals surface area contributed by atoms with Gasteiger partial charge in [0.2, 0.25) is 0 Å². The van der Waals surface area contributed by atoms with Crippen molar-refractivity contribution in [1.29, 1.82) is 0 Å². The molecule has 0 amide bonds. The summed E-state index contributed by atoms with van der Waals surface area (Å²) in [7, 11) is 1.54. The number of hydrogen-bond donors (Lipinski definition) is 2. The van der Waals surface area contributed by atoms with Crippen LogP contribution in [0, 0.1) is 0 Å². The summed E-state index contributed by atoms with van der Waals surface area (Å²) in [5, 5.41) is 5.87. The molecule has 0 saturated carbocycles. The second-order valence-corrected chi connectivity index (χ2v) is 5.34. The van der Waals surface area contributed by atoms with Crippen LogP contribution >= 0.6 is 0 Å². The van der Waals surface area contributed by atoms with Gasteiger partial charge in [0.05, 0.1) is 13.7 Å². The molecule has 0 aliphatic carbocycles. The van der Waals surface area contributed by atoms with Crippen molar-refractivity contribution < 1.29 is 17.9 Å². The predicted molar refractivity (Wildman–Crippen MR) is 75.4 cm³/mol. The Bertz CT molecular complexity index is 489. The Kier molecular flexibility index (Phi) is 5.11. The quantitative estimate of drug-likeness (QED) is 0.877. The summed E-state index contributed by atoms with van der Waals surface area (Å²) < 4.78 is 41.9. The van der Waals surface area contributed by atoms with E-state index >= 15 is 0 Å². The number of hydrogen-bond acceptors (Lipinski definition) is 3. The van der Waals surface area contributed by atoms with Gasteiger partial charge in [0.15, 0.2) is 0 Å². The minimum absolute atomic E-state index is 0.153. The largest absolute Gasteiger partial charge is 0.496 e. The Morgan fingerprint density at radius 2 is 2.10 bits per heavy atom. The van der Waals surface area contributed by atoms with E-state index in [1.54, 1.807) is 7.11 Å². The molecule has 0 aromatic heterocycles. The first-order valence-electron chi connectivity index (χ1n) is 7.12. The lowest BCUT2D eigenvalue weighted by Crippen LogP contribution is -2.35. The highest BCUT2D eigenvalue weighted by atomic mass is 19.4. The van der Waals surface area contributed by atoms with Gasteiger partial charge in [-0.15, -0.1) is 0 Å². The van der Waals surface area contributed by atoms with Gasteiger partial charge in [-0.05, 0) is 30.0 Å². The minimum Gasteiger partial charge on any atom is -0.496 e. The topological polar surface area (TPSA) is 33.3 Å². The van der Waals surface area contributed by atoms with E-state index in [1.165, 1.54) is 5.56 Å². The zero-order chi connectivity index (χ0) is 15.5. The van der Waals surface area contributed by atoms with Crippen molar-refractivity contribution in [2.45, 2.75) is 45.1 Å². The molecule has 1 atom stereocenters.